The van der Waals surface area contributed by atoms with Gasteiger partial charge >= 0.3 is 0 Å². The normalized spacial score (nSPS) is 11.5. The van der Waals surface area contributed by atoms with Crippen molar-refractivity contribution in [3.05, 3.63) is 41.2 Å². The molecule has 1 heterocycles. The maximum atomic E-state index is 9.18. The van der Waals surface area contributed by atoms with E-state index in [4.69, 9.17) is 10.5 Å². The van der Waals surface area contributed by atoms with E-state index in [2.05, 4.69) is 9.97 Å². The minimum absolute atomic E-state index is 0.0324. The van der Waals surface area contributed by atoms with Crippen molar-refractivity contribution in [1.29, 1.82) is 0 Å². The van der Waals surface area contributed by atoms with E-state index in [1.807, 2.05) is 45.9 Å². The second kappa shape index (κ2) is 5.69. The molecule has 0 saturated heterocycles. The second-order valence-corrected chi connectivity index (χ2v) is 6.02. The van der Waals surface area contributed by atoms with Crippen molar-refractivity contribution in [2.75, 3.05) is 5.73 Å². The number of ether oxygens (including phenoxy) is 1. The van der Waals surface area contributed by atoms with Crippen LogP contribution in [0.2, 0.25) is 0 Å². The summed E-state index contributed by atoms with van der Waals surface area (Å²) in [7, 11) is 0. The van der Waals surface area contributed by atoms with Gasteiger partial charge in [-0.25, -0.2) is 4.98 Å². The van der Waals surface area contributed by atoms with Crippen LogP contribution in [0, 0.1) is 6.92 Å². The number of nitrogens with zero attached hydrogens (tertiary/aromatic N) is 2. The lowest BCUT2D eigenvalue weighted by molar-refractivity contribution is 0.281. The van der Waals surface area contributed by atoms with Crippen molar-refractivity contribution < 1.29 is 9.84 Å². The average Bonchev–Trinajstić information content (AvgIpc) is 2.42. The Labute approximate surface area is 124 Å². The van der Waals surface area contributed by atoms with Gasteiger partial charge in [0.25, 0.3) is 0 Å². The molecule has 0 saturated carbocycles. The van der Waals surface area contributed by atoms with Crippen LogP contribution in [0.4, 0.5) is 5.82 Å². The Kier molecular flexibility index (Phi) is 4.14. The van der Waals surface area contributed by atoms with E-state index in [-0.39, 0.29) is 12.0 Å². The Morgan fingerprint density at radius 1 is 1.24 bits per heavy atom. The monoisotopic (exact) mass is 287 g/mol. The van der Waals surface area contributed by atoms with Crippen LogP contribution in [0.5, 0.6) is 11.6 Å². The summed E-state index contributed by atoms with van der Waals surface area (Å²) in [5.74, 6) is 2.12. The molecule has 2 aromatic rings. The molecule has 0 fully saturated rings. The summed E-state index contributed by atoms with van der Waals surface area (Å²) in [5.41, 5.74) is 7.23. The molecule has 0 amide bonds. The van der Waals surface area contributed by atoms with Crippen LogP contribution in [0.3, 0.4) is 0 Å². The zero-order valence-electron chi connectivity index (χ0n) is 12.8. The first-order chi connectivity index (χ1) is 9.81. The highest BCUT2D eigenvalue weighted by Gasteiger charge is 2.21. The maximum Gasteiger partial charge on any atom is 0.227 e. The maximum absolute atomic E-state index is 9.18. The van der Waals surface area contributed by atoms with Gasteiger partial charge in [0.15, 0.2) is 0 Å². The van der Waals surface area contributed by atoms with Gasteiger partial charge < -0.3 is 15.6 Å². The Morgan fingerprint density at radius 2 is 1.95 bits per heavy atom. The summed E-state index contributed by atoms with van der Waals surface area (Å²) < 4.78 is 5.83. The van der Waals surface area contributed by atoms with E-state index < -0.39 is 0 Å². The third-order valence-electron chi connectivity index (χ3n) is 3.11. The summed E-state index contributed by atoms with van der Waals surface area (Å²) in [6, 6.07) is 7.24. The number of aliphatic hydroxyl groups excluding tert-OH is 1. The van der Waals surface area contributed by atoms with Crippen molar-refractivity contribution in [3.63, 3.8) is 0 Å². The molecule has 21 heavy (non-hydrogen) atoms. The van der Waals surface area contributed by atoms with Gasteiger partial charge in [0.1, 0.15) is 17.4 Å². The molecule has 5 heteroatoms. The second-order valence-electron chi connectivity index (χ2n) is 6.02. The Balaban J connectivity index is 2.41. The number of hydrogen-bond donors (Lipinski definition) is 2. The summed E-state index contributed by atoms with van der Waals surface area (Å²) in [4.78, 5) is 8.81. The first-order valence-corrected chi connectivity index (χ1v) is 6.83. The number of nitrogens with two attached hydrogens (primary N) is 1. The van der Waals surface area contributed by atoms with Gasteiger partial charge in [-0.05, 0) is 24.6 Å². The lowest BCUT2D eigenvalue weighted by Crippen LogP contribution is -2.18. The van der Waals surface area contributed by atoms with Crippen LogP contribution >= 0.6 is 0 Å². The highest BCUT2D eigenvalue weighted by atomic mass is 16.5. The minimum atomic E-state index is -0.215. The largest absolute Gasteiger partial charge is 0.439 e. The molecule has 3 N–H and O–H groups in total. The van der Waals surface area contributed by atoms with Gasteiger partial charge in [-0.1, -0.05) is 32.9 Å². The van der Waals surface area contributed by atoms with E-state index in [1.165, 1.54) is 0 Å². The zero-order valence-corrected chi connectivity index (χ0v) is 12.8. The Hall–Kier alpha value is -2.14. The molecular formula is C16H21N3O2. The number of benzene rings is 1. The number of aromatic nitrogens is 2. The number of hydrogen-bond acceptors (Lipinski definition) is 5. The van der Waals surface area contributed by atoms with Crippen LogP contribution in [-0.4, -0.2) is 15.1 Å². The van der Waals surface area contributed by atoms with E-state index >= 15 is 0 Å². The topological polar surface area (TPSA) is 81.3 Å². The lowest BCUT2D eigenvalue weighted by atomic mass is 9.95. The number of rotatable bonds is 3. The van der Waals surface area contributed by atoms with Gasteiger partial charge in [-0.2, -0.15) is 4.98 Å². The summed E-state index contributed by atoms with van der Waals surface area (Å²) in [5, 5.41) is 9.18. The molecule has 112 valence electrons. The van der Waals surface area contributed by atoms with Gasteiger partial charge in [0.2, 0.25) is 5.88 Å². The van der Waals surface area contributed by atoms with Crippen molar-refractivity contribution >= 4 is 5.82 Å². The lowest BCUT2D eigenvalue weighted by Gasteiger charge is -2.19. The van der Waals surface area contributed by atoms with E-state index in [1.54, 1.807) is 6.07 Å². The van der Waals surface area contributed by atoms with Crippen molar-refractivity contribution in [3.8, 4) is 11.6 Å². The SMILES string of the molecule is Cc1c(N)nc(C(C)(C)C)nc1Oc1cccc(CO)c1. The van der Waals surface area contributed by atoms with Crippen LogP contribution in [0.25, 0.3) is 0 Å². The molecule has 0 bridgehead atoms. The summed E-state index contributed by atoms with van der Waals surface area (Å²) >= 11 is 0. The van der Waals surface area contributed by atoms with Gasteiger partial charge in [-0.3, -0.25) is 0 Å². The molecule has 0 atom stereocenters. The fourth-order valence-electron chi connectivity index (χ4n) is 1.77. The molecule has 0 spiro atoms. The van der Waals surface area contributed by atoms with Crippen LogP contribution in [0.1, 0.15) is 37.7 Å². The van der Waals surface area contributed by atoms with Crippen LogP contribution in [0.15, 0.2) is 24.3 Å². The summed E-state index contributed by atoms with van der Waals surface area (Å²) in [6.45, 7) is 7.86. The number of nitrogen functional groups attached to an aromatic ring is 1. The molecule has 0 aliphatic rings. The van der Waals surface area contributed by atoms with Gasteiger partial charge in [-0.15, -0.1) is 0 Å². The molecule has 1 aromatic heterocycles. The fourth-order valence-corrected chi connectivity index (χ4v) is 1.77. The third kappa shape index (κ3) is 3.49. The Bertz CT molecular complexity index is 648. The molecule has 0 aliphatic heterocycles. The third-order valence-corrected chi connectivity index (χ3v) is 3.11. The van der Waals surface area contributed by atoms with Crippen molar-refractivity contribution in [2.45, 2.75) is 39.7 Å². The number of aliphatic hydroxyl groups is 1. The van der Waals surface area contributed by atoms with E-state index in [0.717, 1.165) is 5.56 Å². The predicted octanol–water partition coefficient (Wildman–Crippen LogP) is 2.95. The molecule has 1 aromatic carbocycles. The first kappa shape index (κ1) is 15.3. The fraction of sp³-hybridized carbons (Fsp3) is 0.375. The van der Waals surface area contributed by atoms with Gasteiger partial charge in [0, 0.05) is 5.41 Å². The quantitative estimate of drug-likeness (QED) is 0.907. The van der Waals surface area contributed by atoms with Crippen molar-refractivity contribution in [1.82, 2.24) is 9.97 Å². The molecule has 0 unspecified atom stereocenters. The van der Waals surface area contributed by atoms with Crippen LogP contribution in [-0.2, 0) is 12.0 Å². The highest BCUT2D eigenvalue weighted by molar-refractivity contribution is 5.46. The number of anilines is 1. The smallest absolute Gasteiger partial charge is 0.227 e. The predicted molar refractivity (Wildman–Crippen MR) is 82.3 cm³/mol. The molecule has 2 rings (SSSR count). The molecule has 0 aliphatic carbocycles. The highest BCUT2D eigenvalue weighted by Crippen LogP contribution is 2.29. The molecule has 5 nitrogen and oxygen atoms in total. The Morgan fingerprint density at radius 3 is 2.57 bits per heavy atom. The standard InChI is InChI=1S/C16H21N3O2/c1-10-13(17)18-15(16(2,3)4)19-14(10)21-12-7-5-6-11(8-12)9-20/h5-8,20H,9H2,1-4H3,(H2,17,18,19). The van der Waals surface area contributed by atoms with Gasteiger partial charge in [0.05, 0.1) is 12.2 Å². The van der Waals surface area contributed by atoms with E-state index in [9.17, 15) is 5.11 Å². The minimum Gasteiger partial charge on any atom is -0.439 e. The molecular weight excluding hydrogens is 266 g/mol. The van der Waals surface area contributed by atoms with Crippen LogP contribution < -0.4 is 10.5 Å². The zero-order chi connectivity index (χ0) is 15.6. The van der Waals surface area contributed by atoms with Crippen molar-refractivity contribution in [2.24, 2.45) is 0 Å². The summed E-state index contributed by atoms with van der Waals surface area (Å²) in [6.07, 6.45) is 0. The first-order valence-electron chi connectivity index (χ1n) is 6.83. The average molecular weight is 287 g/mol. The van der Waals surface area contributed by atoms with E-state index in [0.29, 0.717) is 28.8 Å². The molecule has 0 radical (unpaired) electrons.